The molecule has 2 rings (SSSR count). The molecule has 0 atom stereocenters. The summed E-state index contributed by atoms with van der Waals surface area (Å²) in [5.41, 5.74) is 2.01. The Morgan fingerprint density at radius 3 is 2.94 bits per heavy atom. The van der Waals surface area contributed by atoms with E-state index in [4.69, 9.17) is 5.11 Å². The highest BCUT2D eigenvalue weighted by molar-refractivity contribution is 5.67. The van der Waals surface area contributed by atoms with Gasteiger partial charge in [-0.25, -0.2) is 9.50 Å². The largest absolute Gasteiger partial charge is 0.396 e. The van der Waals surface area contributed by atoms with Crippen molar-refractivity contribution in [3.05, 3.63) is 24.2 Å². The second-order valence-electron chi connectivity index (χ2n) is 4.46. The molecule has 5 nitrogen and oxygen atoms in total. The first kappa shape index (κ1) is 12.8. The van der Waals surface area contributed by atoms with Crippen molar-refractivity contribution >= 4 is 11.3 Å². The molecule has 0 radical (unpaired) electrons. The summed E-state index contributed by atoms with van der Waals surface area (Å²) in [5.74, 6) is 0.889. The van der Waals surface area contributed by atoms with E-state index in [1.807, 2.05) is 23.7 Å². The van der Waals surface area contributed by atoms with Gasteiger partial charge in [0.25, 0.3) is 0 Å². The molecule has 5 heteroatoms. The minimum atomic E-state index is 0.295. The van der Waals surface area contributed by atoms with Gasteiger partial charge in [-0.15, -0.1) is 0 Å². The summed E-state index contributed by atoms with van der Waals surface area (Å²) in [4.78, 5) is 4.34. The minimum absolute atomic E-state index is 0.295. The van der Waals surface area contributed by atoms with Crippen LogP contribution in [0.3, 0.4) is 0 Å². The maximum atomic E-state index is 8.69. The van der Waals surface area contributed by atoms with E-state index >= 15 is 0 Å². The van der Waals surface area contributed by atoms with E-state index in [0.29, 0.717) is 6.61 Å². The lowest BCUT2D eigenvalue weighted by Gasteiger charge is -2.06. The molecule has 2 aromatic rings. The summed E-state index contributed by atoms with van der Waals surface area (Å²) in [5, 5.41) is 16.4. The number of nitrogens with zero attached hydrogens (tertiary/aromatic N) is 3. The monoisotopic (exact) mass is 248 g/mol. The molecular weight excluding hydrogens is 228 g/mol. The molecule has 98 valence electrons. The van der Waals surface area contributed by atoms with E-state index in [0.717, 1.165) is 49.3 Å². The van der Waals surface area contributed by atoms with Gasteiger partial charge in [-0.2, -0.15) is 5.10 Å². The molecule has 2 aromatic heterocycles. The predicted octanol–water partition coefficient (Wildman–Crippen LogP) is 2.00. The van der Waals surface area contributed by atoms with Gasteiger partial charge in [-0.1, -0.05) is 12.8 Å². The fourth-order valence-electron chi connectivity index (χ4n) is 1.98. The van der Waals surface area contributed by atoms with Crippen LogP contribution in [-0.2, 0) is 0 Å². The maximum absolute atomic E-state index is 8.69. The summed E-state index contributed by atoms with van der Waals surface area (Å²) in [6.07, 6.45) is 7.82. The number of anilines is 1. The van der Waals surface area contributed by atoms with Gasteiger partial charge in [0.05, 0.1) is 5.69 Å². The Bertz CT molecular complexity index is 495. The zero-order chi connectivity index (χ0) is 12.8. The van der Waals surface area contributed by atoms with E-state index in [1.165, 1.54) is 0 Å². The van der Waals surface area contributed by atoms with Crippen LogP contribution in [0.5, 0.6) is 0 Å². The molecule has 0 amide bonds. The number of hydrogen-bond donors (Lipinski definition) is 2. The van der Waals surface area contributed by atoms with Crippen LogP contribution in [-0.4, -0.2) is 32.9 Å². The van der Waals surface area contributed by atoms with E-state index in [2.05, 4.69) is 15.4 Å². The number of hydrogen-bond acceptors (Lipinski definition) is 4. The van der Waals surface area contributed by atoms with Gasteiger partial charge in [0, 0.05) is 25.5 Å². The molecule has 18 heavy (non-hydrogen) atoms. The van der Waals surface area contributed by atoms with Crippen LogP contribution in [0.2, 0.25) is 0 Å². The van der Waals surface area contributed by atoms with Crippen molar-refractivity contribution in [2.75, 3.05) is 18.5 Å². The first-order valence-electron chi connectivity index (χ1n) is 6.47. The SMILES string of the molecule is Cc1cc2c(NCCCCCCO)nccn2n1. The predicted molar refractivity (Wildman–Crippen MR) is 71.8 cm³/mol. The van der Waals surface area contributed by atoms with Crippen LogP contribution in [0.1, 0.15) is 31.4 Å². The summed E-state index contributed by atoms with van der Waals surface area (Å²) >= 11 is 0. The van der Waals surface area contributed by atoms with Crippen molar-refractivity contribution in [2.45, 2.75) is 32.6 Å². The lowest BCUT2D eigenvalue weighted by atomic mass is 10.2. The molecule has 0 aliphatic heterocycles. The number of aliphatic hydroxyl groups is 1. The van der Waals surface area contributed by atoms with Crippen molar-refractivity contribution < 1.29 is 5.11 Å². The van der Waals surface area contributed by atoms with Gasteiger partial charge in [0.15, 0.2) is 5.82 Å². The number of aromatic nitrogens is 3. The molecule has 0 saturated carbocycles. The topological polar surface area (TPSA) is 62.5 Å². The van der Waals surface area contributed by atoms with Crippen LogP contribution in [0.25, 0.3) is 5.52 Å². The van der Waals surface area contributed by atoms with Crippen LogP contribution < -0.4 is 5.32 Å². The number of fused-ring (bicyclic) bond motifs is 1. The molecule has 0 unspecified atom stereocenters. The lowest BCUT2D eigenvalue weighted by molar-refractivity contribution is 0.283. The molecule has 0 aliphatic carbocycles. The smallest absolute Gasteiger partial charge is 0.152 e. The normalized spacial score (nSPS) is 11.0. The van der Waals surface area contributed by atoms with Gasteiger partial charge in [-0.3, -0.25) is 0 Å². The number of aliphatic hydroxyl groups excluding tert-OH is 1. The first-order valence-corrected chi connectivity index (χ1v) is 6.47. The van der Waals surface area contributed by atoms with E-state index < -0.39 is 0 Å². The molecule has 0 aromatic carbocycles. The lowest BCUT2D eigenvalue weighted by Crippen LogP contribution is -2.05. The zero-order valence-electron chi connectivity index (χ0n) is 10.8. The van der Waals surface area contributed by atoms with Crippen LogP contribution in [0, 0.1) is 6.92 Å². The Balaban J connectivity index is 1.87. The quantitative estimate of drug-likeness (QED) is 0.736. The third-order valence-corrected chi connectivity index (χ3v) is 2.89. The highest BCUT2D eigenvalue weighted by Crippen LogP contribution is 2.14. The van der Waals surface area contributed by atoms with E-state index in [1.54, 1.807) is 6.20 Å². The summed E-state index contributed by atoms with van der Waals surface area (Å²) < 4.78 is 1.84. The Hall–Kier alpha value is -1.62. The second-order valence-corrected chi connectivity index (χ2v) is 4.46. The number of unbranched alkanes of at least 4 members (excludes halogenated alkanes) is 3. The Labute approximate surface area is 107 Å². The fourth-order valence-corrected chi connectivity index (χ4v) is 1.98. The van der Waals surface area contributed by atoms with Crippen LogP contribution >= 0.6 is 0 Å². The van der Waals surface area contributed by atoms with E-state index in [9.17, 15) is 0 Å². The molecule has 0 spiro atoms. The zero-order valence-corrected chi connectivity index (χ0v) is 10.8. The maximum Gasteiger partial charge on any atom is 0.152 e. The van der Waals surface area contributed by atoms with Crippen molar-refractivity contribution in [2.24, 2.45) is 0 Å². The summed E-state index contributed by atoms with van der Waals surface area (Å²) in [6, 6.07) is 2.03. The molecule has 2 N–H and O–H groups in total. The molecule has 0 bridgehead atoms. The Morgan fingerprint density at radius 2 is 2.11 bits per heavy atom. The number of aryl methyl sites for hydroxylation is 1. The van der Waals surface area contributed by atoms with E-state index in [-0.39, 0.29) is 0 Å². The van der Waals surface area contributed by atoms with Crippen LogP contribution in [0.15, 0.2) is 18.5 Å². The Kier molecular flexibility index (Phi) is 4.52. The van der Waals surface area contributed by atoms with Crippen molar-refractivity contribution in [3.63, 3.8) is 0 Å². The highest BCUT2D eigenvalue weighted by Gasteiger charge is 2.03. The first-order chi connectivity index (χ1) is 8.81. The minimum Gasteiger partial charge on any atom is -0.396 e. The van der Waals surface area contributed by atoms with Crippen molar-refractivity contribution in [1.82, 2.24) is 14.6 Å². The Morgan fingerprint density at radius 1 is 1.28 bits per heavy atom. The second kappa shape index (κ2) is 6.35. The van der Waals surface area contributed by atoms with Gasteiger partial charge >= 0.3 is 0 Å². The van der Waals surface area contributed by atoms with Crippen molar-refractivity contribution in [3.8, 4) is 0 Å². The third kappa shape index (κ3) is 3.20. The standard InChI is InChI=1S/C13H20N4O/c1-11-10-12-13(15-7-8-17(12)16-11)14-6-4-2-3-5-9-18/h7-8,10,18H,2-6,9H2,1H3,(H,14,15). The fraction of sp³-hybridized carbons (Fsp3) is 0.538. The molecule has 0 fully saturated rings. The third-order valence-electron chi connectivity index (χ3n) is 2.89. The van der Waals surface area contributed by atoms with Gasteiger partial charge in [-0.05, 0) is 25.8 Å². The summed E-state index contributed by atoms with van der Waals surface area (Å²) in [6.45, 7) is 3.18. The van der Waals surface area contributed by atoms with Crippen molar-refractivity contribution in [1.29, 1.82) is 0 Å². The molecule has 0 aliphatic rings. The van der Waals surface area contributed by atoms with Gasteiger partial charge in [0.1, 0.15) is 5.52 Å². The average Bonchev–Trinajstić information content (AvgIpc) is 2.74. The van der Waals surface area contributed by atoms with Gasteiger partial charge in [0.2, 0.25) is 0 Å². The number of rotatable bonds is 7. The number of nitrogens with one attached hydrogen (secondary N) is 1. The molecule has 2 heterocycles. The average molecular weight is 248 g/mol. The molecule has 0 saturated heterocycles. The van der Waals surface area contributed by atoms with Gasteiger partial charge < -0.3 is 10.4 Å². The van der Waals surface area contributed by atoms with Crippen LogP contribution in [0.4, 0.5) is 5.82 Å². The highest BCUT2D eigenvalue weighted by atomic mass is 16.2. The summed E-state index contributed by atoms with van der Waals surface area (Å²) in [7, 11) is 0. The molecular formula is C13H20N4O.